The first-order chi connectivity index (χ1) is 17.0. The average Bonchev–Trinajstić information content (AvgIpc) is 3.30. The van der Waals surface area contributed by atoms with Crippen LogP contribution in [0.1, 0.15) is 42.4 Å². The minimum atomic E-state index is -0.132. The fraction of sp³-hybridized carbons (Fsp3) is 0.276. The molecule has 6 nitrogen and oxygen atoms in total. The van der Waals surface area contributed by atoms with Crippen molar-refractivity contribution in [1.29, 1.82) is 0 Å². The molecule has 0 radical (unpaired) electrons. The SMILES string of the molecule is Cc1cc(N2CCCC2=O)c(NC(=O)CCc2ccccc2)cc1NC(=O)CCc1ccccc1. The molecule has 1 aliphatic heterocycles. The molecule has 3 amide bonds. The number of aryl methyl sites for hydroxylation is 3. The third-order valence-electron chi connectivity index (χ3n) is 6.22. The Morgan fingerprint density at radius 3 is 1.86 bits per heavy atom. The Balaban J connectivity index is 1.49. The lowest BCUT2D eigenvalue weighted by Gasteiger charge is -2.22. The number of nitrogens with zero attached hydrogens (tertiary/aromatic N) is 1. The molecule has 0 saturated carbocycles. The molecular weight excluding hydrogens is 438 g/mol. The predicted octanol–water partition coefficient (Wildman–Crippen LogP) is 5.26. The topological polar surface area (TPSA) is 78.5 Å². The summed E-state index contributed by atoms with van der Waals surface area (Å²) < 4.78 is 0. The third kappa shape index (κ3) is 6.57. The molecule has 0 unspecified atom stereocenters. The number of hydrogen-bond donors (Lipinski definition) is 2. The highest BCUT2D eigenvalue weighted by molar-refractivity contribution is 6.04. The summed E-state index contributed by atoms with van der Waals surface area (Å²) in [6, 6.07) is 23.4. The molecule has 2 N–H and O–H groups in total. The van der Waals surface area contributed by atoms with Crippen LogP contribution in [-0.2, 0) is 27.2 Å². The maximum atomic E-state index is 12.8. The predicted molar refractivity (Wildman–Crippen MR) is 140 cm³/mol. The molecule has 180 valence electrons. The molecule has 6 heteroatoms. The number of benzene rings is 3. The maximum Gasteiger partial charge on any atom is 0.227 e. The van der Waals surface area contributed by atoms with Crippen LogP contribution in [0, 0.1) is 6.92 Å². The van der Waals surface area contributed by atoms with E-state index in [0.717, 1.165) is 23.1 Å². The van der Waals surface area contributed by atoms with Crippen molar-refractivity contribution in [3.05, 3.63) is 89.5 Å². The van der Waals surface area contributed by atoms with Gasteiger partial charge in [-0.2, -0.15) is 0 Å². The second kappa shape index (κ2) is 11.5. The smallest absolute Gasteiger partial charge is 0.227 e. The van der Waals surface area contributed by atoms with Gasteiger partial charge >= 0.3 is 0 Å². The summed E-state index contributed by atoms with van der Waals surface area (Å²) >= 11 is 0. The monoisotopic (exact) mass is 469 g/mol. The van der Waals surface area contributed by atoms with Crippen molar-refractivity contribution in [3.63, 3.8) is 0 Å². The van der Waals surface area contributed by atoms with Gasteiger partial charge in [-0.15, -0.1) is 0 Å². The molecule has 3 aromatic rings. The first-order valence-electron chi connectivity index (χ1n) is 12.1. The van der Waals surface area contributed by atoms with E-state index in [2.05, 4.69) is 10.6 Å². The van der Waals surface area contributed by atoms with Gasteiger partial charge in [0.15, 0.2) is 0 Å². The lowest BCUT2D eigenvalue weighted by atomic mass is 10.1. The summed E-state index contributed by atoms with van der Waals surface area (Å²) in [5.41, 5.74) is 4.90. The van der Waals surface area contributed by atoms with E-state index in [1.807, 2.05) is 73.7 Å². The molecule has 0 aromatic heterocycles. The van der Waals surface area contributed by atoms with Gasteiger partial charge in [0.25, 0.3) is 0 Å². The maximum absolute atomic E-state index is 12.8. The van der Waals surface area contributed by atoms with E-state index in [4.69, 9.17) is 0 Å². The Morgan fingerprint density at radius 1 is 0.800 bits per heavy atom. The van der Waals surface area contributed by atoms with Crippen LogP contribution in [0.15, 0.2) is 72.8 Å². The highest BCUT2D eigenvalue weighted by Gasteiger charge is 2.25. The summed E-state index contributed by atoms with van der Waals surface area (Å²) in [5, 5.41) is 5.98. The molecule has 0 atom stereocenters. The Bertz CT molecular complexity index is 1190. The second-order valence-electron chi connectivity index (χ2n) is 8.90. The number of hydrogen-bond acceptors (Lipinski definition) is 3. The van der Waals surface area contributed by atoms with Gasteiger partial charge in [-0.05, 0) is 55.0 Å². The summed E-state index contributed by atoms with van der Waals surface area (Å²) in [6.07, 6.45) is 3.24. The van der Waals surface area contributed by atoms with Crippen molar-refractivity contribution in [3.8, 4) is 0 Å². The molecule has 4 rings (SSSR count). The van der Waals surface area contributed by atoms with Gasteiger partial charge in [-0.1, -0.05) is 60.7 Å². The van der Waals surface area contributed by atoms with Crippen molar-refractivity contribution in [2.45, 2.75) is 45.4 Å². The minimum Gasteiger partial charge on any atom is -0.326 e. The largest absolute Gasteiger partial charge is 0.326 e. The molecule has 1 heterocycles. The van der Waals surface area contributed by atoms with Gasteiger partial charge in [-0.3, -0.25) is 14.4 Å². The fourth-order valence-corrected chi connectivity index (χ4v) is 4.28. The van der Waals surface area contributed by atoms with E-state index >= 15 is 0 Å². The van der Waals surface area contributed by atoms with Crippen LogP contribution in [0.4, 0.5) is 17.1 Å². The summed E-state index contributed by atoms with van der Waals surface area (Å²) in [5.74, 6) is -0.181. The lowest BCUT2D eigenvalue weighted by Crippen LogP contribution is -2.26. The first-order valence-corrected chi connectivity index (χ1v) is 12.1. The summed E-state index contributed by atoms with van der Waals surface area (Å²) in [4.78, 5) is 39.7. The average molecular weight is 470 g/mol. The number of nitrogens with one attached hydrogen (secondary N) is 2. The van der Waals surface area contributed by atoms with Gasteiger partial charge < -0.3 is 15.5 Å². The molecule has 0 bridgehead atoms. The van der Waals surface area contributed by atoms with E-state index in [0.29, 0.717) is 55.7 Å². The van der Waals surface area contributed by atoms with Crippen molar-refractivity contribution in [2.75, 3.05) is 22.1 Å². The lowest BCUT2D eigenvalue weighted by molar-refractivity contribution is -0.117. The molecule has 3 aromatic carbocycles. The third-order valence-corrected chi connectivity index (χ3v) is 6.22. The summed E-state index contributed by atoms with van der Waals surface area (Å²) in [7, 11) is 0. The molecule has 1 fully saturated rings. The van der Waals surface area contributed by atoms with E-state index in [-0.39, 0.29) is 17.7 Å². The number of rotatable bonds is 9. The molecule has 0 aliphatic carbocycles. The van der Waals surface area contributed by atoms with Crippen molar-refractivity contribution < 1.29 is 14.4 Å². The highest BCUT2D eigenvalue weighted by Crippen LogP contribution is 2.35. The first kappa shape index (κ1) is 24.2. The van der Waals surface area contributed by atoms with Crippen LogP contribution >= 0.6 is 0 Å². The minimum absolute atomic E-state index is 0.0452. The standard InChI is InChI=1S/C29H31N3O3/c1-21-19-26(32-18-8-13-29(32)35)25(31-28(34)17-15-23-11-6-3-7-12-23)20-24(21)30-27(33)16-14-22-9-4-2-5-10-22/h2-7,9-12,19-20H,8,13-18H2,1H3,(H,30,33)(H,31,34). The Labute approximate surface area is 206 Å². The fourth-order valence-electron chi connectivity index (χ4n) is 4.28. The van der Waals surface area contributed by atoms with Gasteiger partial charge in [0, 0.05) is 31.5 Å². The van der Waals surface area contributed by atoms with E-state index in [1.54, 1.807) is 11.0 Å². The highest BCUT2D eigenvalue weighted by atomic mass is 16.2. The van der Waals surface area contributed by atoms with Gasteiger partial charge in [0.05, 0.1) is 11.4 Å². The van der Waals surface area contributed by atoms with Crippen molar-refractivity contribution in [1.82, 2.24) is 0 Å². The van der Waals surface area contributed by atoms with Crippen molar-refractivity contribution >= 4 is 34.8 Å². The number of carbonyl (C=O) groups is 3. The molecule has 1 aliphatic rings. The van der Waals surface area contributed by atoms with Crippen LogP contribution in [-0.4, -0.2) is 24.3 Å². The molecule has 1 saturated heterocycles. The van der Waals surface area contributed by atoms with E-state index in [9.17, 15) is 14.4 Å². The van der Waals surface area contributed by atoms with Crippen LogP contribution < -0.4 is 15.5 Å². The number of carbonyl (C=O) groups excluding carboxylic acids is 3. The second-order valence-corrected chi connectivity index (χ2v) is 8.90. The van der Waals surface area contributed by atoms with Crippen LogP contribution in [0.3, 0.4) is 0 Å². The van der Waals surface area contributed by atoms with Gasteiger partial charge in [-0.25, -0.2) is 0 Å². The summed E-state index contributed by atoms with van der Waals surface area (Å²) in [6.45, 7) is 2.52. The number of amides is 3. The van der Waals surface area contributed by atoms with Crippen LogP contribution in [0.5, 0.6) is 0 Å². The molecule has 35 heavy (non-hydrogen) atoms. The van der Waals surface area contributed by atoms with Crippen LogP contribution in [0.2, 0.25) is 0 Å². The zero-order chi connectivity index (χ0) is 24.6. The van der Waals surface area contributed by atoms with Gasteiger partial charge in [0.2, 0.25) is 17.7 Å². The van der Waals surface area contributed by atoms with Crippen LogP contribution in [0.25, 0.3) is 0 Å². The quantitative estimate of drug-likeness (QED) is 0.448. The number of anilines is 3. The van der Waals surface area contributed by atoms with E-state index in [1.165, 1.54) is 0 Å². The Kier molecular flexibility index (Phi) is 7.93. The zero-order valence-electron chi connectivity index (χ0n) is 20.0. The molecular formula is C29H31N3O3. The van der Waals surface area contributed by atoms with E-state index < -0.39 is 0 Å². The Hall–Kier alpha value is -3.93. The molecule has 0 spiro atoms. The normalized spacial score (nSPS) is 13.1. The van der Waals surface area contributed by atoms with Gasteiger partial charge in [0.1, 0.15) is 0 Å². The van der Waals surface area contributed by atoms with Crippen molar-refractivity contribution in [2.24, 2.45) is 0 Å². The zero-order valence-corrected chi connectivity index (χ0v) is 20.0. The Morgan fingerprint density at radius 2 is 1.34 bits per heavy atom.